The molecule has 2 rings (SSSR count). The van der Waals surface area contributed by atoms with Gasteiger partial charge in [0.15, 0.2) is 11.5 Å². The van der Waals surface area contributed by atoms with Gasteiger partial charge >= 0.3 is 5.97 Å². The molecule has 0 unspecified atom stereocenters. The Balaban J connectivity index is 2.09. The van der Waals surface area contributed by atoms with Gasteiger partial charge in [-0.25, -0.2) is 4.79 Å². The second-order valence-corrected chi connectivity index (χ2v) is 3.88. The van der Waals surface area contributed by atoms with E-state index >= 15 is 0 Å². The molecule has 1 heterocycles. The normalized spacial score (nSPS) is 13.3. The first-order valence-electron chi connectivity index (χ1n) is 6.10. The molecule has 0 aromatic heterocycles. The van der Waals surface area contributed by atoms with E-state index in [0.29, 0.717) is 11.5 Å². The molecule has 5 nitrogen and oxygen atoms in total. The van der Waals surface area contributed by atoms with E-state index in [1.54, 1.807) is 25.1 Å². The number of hydrogen-bond donors (Lipinski definition) is 0. The predicted molar refractivity (Wildman–Crippen MR) is 71.9 cm³/mol. The Morgan fingerprint density at radius 3 is 3.00 bits per heavy atom. The highest BCUT2D eigenvalue weighted by Gasteiger charge is 2.12. The average Bonchev–Trinajstić information content (AvgIpc) is 2.91. The smallest absolute Gasteiger partial charge is 0.348 e. The van der Waals surface area contributed by atoms with Gasteiger partial charge < -0.3 is 14.2 Å². The van der Waals surface area contributed by atoms with Crippen molar-refractivity contribution in [2.75, 3.05) is 13.4 Å². The Morgan fingerprint density at radius 2 is 2.25 bits per heavy atom. The van der Waals surface area contributed by atoms with E-state index < -0.39 is 5.97 Å². The van der Waals surface area contributed by atoms with Gasteiger partial charge in [-0.05, 0) is 30.7 Å². The number of hydrogen-bond acceptors (Lipinski definition) is 5. The summed E-state index contributed by atoms with van der Waals surface area (Å²) in [6.45, 7) is 2.16. The zero-order chi connectivity index (χ0) is 14.4. The van der Waals surface area contributed by atoms with E-state index in [1.165, 1.54) is 6.08 Å². The number of esters is 1. The summed E-state index contributed by atoms with van der Waals surface area (Å²) in [6, 6.07) is 7.29. The van der Waals surface area contributed by atoms with Crippen LogP contribution in [0.2, 0.25) is 0 Å². The van der Waals surface area contributed by atoms with Crippen LogP contribution in [0, 0.1) is 11.3 Å². The van der Waals surface area contributed by atoms with Crippen molar-refractivity contribution < 1.29 is 19.0 Å². The van der Waals surface area contributed by atoms with Crippen molar-refractivity contribution in [3.05, 3.63) is 41.5 Å². The molecule has 102 valence electrons. The summed E-state index contributed by atoms with van der Waals surface area (Å²) < 4.78 is 15.2. The standard InChI is InChI=1S/C15H13NO4/c1-2-18-15(17)12(9-16)5-3-4-11-6-7-13-14(8-11)20-10-19-13/h3-8H,2,10H2,1H3/b4-3+,12-5-. The molecule has 1 aliphatic heterocycles. The van der Waals surface area contributed by atoms with Gasteiger partial charge in [-0.2, -0.15) is 5.26 Å². The van der Waals surface area contributed by atoms with Gasteiger partial charge in [-0.1, -0.05) is 18.2 Å². The van der Waals surface area contributed by atoms with Crippen molar-refractivity contribution in [1.82, 2.24) is 0 Å². The van der Waals surface area contributed by atoms with Crippen LogP contribution >= 0.6 is 0 Å². The summed E-state index contributed by atoms with van der Waals surface area (Å²) in [5, 5.41) is 8.86. The summed E-state index contributed by atoms with van der Waals surface area (Å²) in [5.74, 6) is 0.772. The van der Waals surface area contributed by atoms with E-state index in [1.807, 2.05) is 18.2 Å². The number of rotatable bonds is 4. The SMILES string of the molecule is CCOC(=O)/C(C#N)=C\C=C\c1ccc2c(c1)OCO2. The van der Waals surface area contributed by atoms with Crippen LogP contribution in [0.4, 0.5) is 0 Å². The Bertz CT molecular complexity index is 611. The molecule has 0 saturated carbocycles. The third-order valence-corrected chi connectivity index (χ3v) is 2.56. The van der Waals surface area contributed by atoms with Gasteiger partial charge in [-0.3, -0.25) is 0 Å². The Labute approximate surface area is 116 Å². The number of nitriles is 1. The lowest BCUT2D eigenvalue weighted by molar-refractivity contribution is -0.138. The quantitative estimate of drug-likeness (QED) is 0.364. The topological polar surface area (TPSA) is 68.6 Å². The Hall–Kier alpha value is -2.74. The number of nitrogens with zero attached hydrogens (tertiary/aromatic N) is 1. The van der Waals surface area contributed by atoms with Gasteiger partial charge in [0.05, 0.1) is 6.61 Å². The second-order valence-electron chi connectivity index (χ2n) is 3.88. The zero-order valence-electron chi connectivity index (χ0n) is 11.0. The summed E-state index contributed by atoms with van der Waals surface area (Å²) in [5.41, 5.74) is 0.843. The maximum Gasteiger partial charge on any atom is 0.348 e. The molecule has 1 aliphatic rings. The summed E-state index contributed by atoms with van der Waals surface area (Å²) in [4.78, 5) is 11.4. The van der Waals surface area contributed by atoms with Crippen molar-refractivity contribution in [2.45, 2.75) is 6.92 Å². The third-order valence-electron chi connectivity index (χ3n) is 2.56. The molecule has 0 saturated heterocycles. The fourth-order valence-corrected chi connectivity index (χ4v) is 1.63. The predicted octanol–water partition coefficient (Wildman–Crippen LogP) is 2.44. The molecule has 0 spiro atoms. The number of carbonyl (C=O) groups excluding carboxylic acids is 1. The van der Waals surface area contributed by atoms with E-state index in [2.05, 4.69) is 0 Å². The number of carbonyl (C=O) groups is 1. The first kappa shape index (κ1) is 13.7. The average molecular weight is 271 g/mol. The lowest BCUT2D eigenvalue weighted by Crippen LogP contribution is -2.05. The highest BCUT2D eigenvalue weighted by Crippen LogP contribution is 2.32. The van der Waals surface area contributed by atoms with Gasteiger partial charge in [-0.15, -0.1) is 0 Å². The monoisotopic (exact) mass is 271 g/mol. The van der Waals surface area contributed by atoms with E-state index in [-0.39, 0.29) is 19.0 Å². The van der Waals surface area contributed by atoms with Crippen LogP contribution in [-0.2, 0) is 9.53 Å². The lowest BCUT2D eigenvalue weighted by Gasteiger charge is -1.98. The molecule has 0 bridgehead atoms. The van der Waals surface area contributed by atoms with Crippen molar-refractivity contribution in [3.8, 4) is 17.6 Å². The second kappa shape index (κ2) is 6.43. The number of fused-ring (bicyclic) bond motifs is 1. The van der Waals surface area contributed by atoms with Crippen LogP contribution in [0.25, 0.3) is 6.08 Å². The molecule has 0 aliphatic carbocycles. The Morgan fingerprint density at radius 1 is 1.45 bits per heavy atom. The van der Waals surface area contributed by atoms with Crippen molar-refractivity contribution in [1.29, 1.82) is 5.26 Å². The van der Waals surface area contributed by atoms with Crippen LogP contribution in [-0.4, -0.2) is 19.4 Å². The van der Waals surface area contributed by atoms with E-state index in [0.717, 1.165) is 5.56 Å². The molecule has 0 amide bonds. The van der Waals surface area contributed by atoms with Gasteiger partial charge in [0, 0.05) is 0 Å². The molecule has 0 N–H and O–H groups in total. The van der Waals surface area contributed by atoms with Gasteiger partial charge in [0.25, 0.3) is 0 Å². The van der Waals surface area contributed by atoms with Crippen LogP contribution in [0.1, 0.15) is 12.5 Å². The largest absolute Gasteiger partial charge is 0.462 e. The molecule has 5 heteroatoms. The first-order chi connectivity index (χ1) is 9.74. The summed E-state index contributed by atoms with van der Waals surface area (Å²) in [7, 11) is 0. The van der Waals surface area contributed by atoms with Crippen molar-refractivity contribution >= 4 is 12.0 Å². The highest BCUT2D eigenvalue weighted by atomic mass is 16.7. The maximum atomic E-state index is 11.4. The minimum atomic E-state index is -0.620. The molecule has 0 radical (unpaired) electrons. The van der Waals surface area contributed by atoms with Crippen LogP contribution in [0.15, 0.2) is 35.9 Å². The fraction of sp³-hybridized carbons (Fsp3) is 0.200. The minimum Gasteiger partial charge on any atom is -0.462 e. The van der Waals surface area contributed by atoms with E-state index in [4.69, 9.17) is 19.5 Å². The number of allylic oxidation sites excluding steroid dienone is 2. The third kappa shape index (κ3) is 3.18. The maximum absolute atomic E-state index is 11.4. The van der Waals surface area contributed by atoms with Gasteiger partial charge in [0.2, 0.25) is 6.79 Å². The molecular formula is C15H13NO4. The molecule has 1 aromatic carbocycles. The molecule has 0 fully saturated rings. The summed E-state index contributed by atoms with van der Waals surface area (Å²) in [6.07, 6.45) is 4.80. The Kier molecular flexibility index (Phi) is 4.40. The zero-order valence-corrected chi connectivity index (χ0v) is 11.0. The van der Waals surface area contributed by atoms with Crippen LogP contribution < -0.4 is 9.47 Å². The van der Waals surface area contributed by atoms with Crippen LogP contribution in [0.3, 0.4) is 0 Å². The molecular weight excluding hydrogens is 258 g/mol. The van der Waals surface area contributed by atoms with E-state index in [9.17, 15) is 4.79 Å². The molecule has 1 aromatic rings. The number of benzene rings is 1. The number of ether oxygens (including phenoxy) is 3. The highest BCUT2D eigenvalue weighted by molar-refractivity contribution is 5.93. The first-order valence-corrected chi connectivity index (χ1v) is 6.10. The molecule has 20 heavy (non-hydrogen) atoms. The minimum absolute atomic E-state index is 0.0381. The van der Waals surface area contributed by atoms with Crippen molar-refractivity contribution in [2.24, 2.45) is 0 Å². The van der Waals surface area contributed by atoms with Gasteiger partial charge in [0.1, 0.15) is 11.6 Å². The fourth-order valence-electron chi connectivity index (χ4n) is 1.63. The molecule has 0 atom stereocenters. The van der Waals surface area contributed by atoms with Crippen molar-refractivity contribution in [3.63, 3.8) is 0 Å². The van der Waals surface area contributed by atoms with Crippen LogP contribution in [0.5, 0.6) is 11.5 Å². The lowest BCUT2D eigenvalue weighted by atomic mass is 10.1. The summed E-state index contributed by atoms with van der Waals surface area (Å²) >= 11 is 0.